The van der Waals surface area contributed by atoms with E-state index >= 15 is 0 Å². The molecule has 0 fully saturated rings. The highest BCUT2D eigenvalue weighted by atomic mass is 16.5. The van der Waals surface area contributed by atoms with E-state index in [2.05, 4.69) is 15.5 Å². The number of ether oxygens (including phenoxy) is 1. The van der Waals surface area contributed by atoms with Crippen LogP contribution < -0.4 is 5.32 Å². The van der Waals surface area contributed by atoms with E-state index in [1.165, 1.54) is 7.11 Å². The third-order valence-electron chi connectivity index (χ3n) is 4.66. The maximum absolute atomic E-state index is 12.7. The van der Waals surface area contributed by atoms with Crippen LogP contribution in [0.2, 0.25) is 0 Å². The monoisotopic (exact) mass is 321 g/mol. The van der Waals surface area contributed by atoms with E-state index in [0.29, 0.717) is 12.0 Å². The smallest absolute Gasteiger partial charge is 0.337 e. The van der Waals surface area contributed by atoms with Gasteiger partial charge in [-0.2, -0.15) is 5.10 Å². The van der Waals surface area contributed by atoms with Gasteiger partial charge in [-0.25, -0.2) is 4.79 Å². The molecular formula is C18H15N3O3. The van der Waals surface area contributed by atoms with E-state index in [1.807, 2.05) is 18.2 Å². The predicted octanol–water partition coefficient (Wildman–Crippen LogP) is 1.79. The highest BCUT2D eigenvalue weighted by Crippen LogP contribution is 2.50. The number of allylic oxidation sites excluding steroid dienone is 5. The molecule has 0 saturated heterocycles. The molecule has 1 unspecified atom stereocenters. The lowest BCUT2D eigenvalue weighted by Gasteiger charge is -2.40. The molecule has 0 saturated carbocycles. The largest absolute Gasteiger partial charge is 0.465 e. The first-order valence-electron chi connectivity index (χ1n) is 7.56. The Bertz CT molecular complexity index is 885. The second kappa shape index (κ2) is 5.19. The Morgan fingerprint density at radius 3 is 2.92 bits per heavy atom. The molecule has 1 spiro atoms. The first kappa shape index (κ1) is 14.4. The molecule has 6 nitrogen and oxygen atoms in total. The van der Waals surface area contributed by atoms with E-state index < -0.39 is 11.4 Å². The van der Waals surface area contributed by atoms with Gasteiger partial charge in [-0.15, -0.1) is 0 Å². The summed E-state index contributed by atoms with van der Waals surface area (Å²) in [5, 5.41) is 9.54. The molecule has 1 aliphatic heterocycles. The maximum Gasteiger partial charge on any atom is 0.337 e. The van der Waals surface area contributed by atoms with Gasteiger partial charge in [0, 0.05) is 18.0 Å². The Balaban J connectivity index is 1.88. The molecule has 24 heavy (non-hydrogen) atoms. The minimum atomic E-state index is -0.792. The fourth-order valence-corrected chi connectivity index (χ4v) is 3.40. The van der Waals surface area contributed by atoms with Crippen molar-refractivity contribution in [2.24, 2.45) is 5.41 Å². The molecule has 6 heteroatoms. The molecule has 0 aromatic carbocycles. The molecule has 120 valence electrons. The average molecular weight is 321 g/mol. The number of H-pyrrole nitrogens is 1. The van der Waals surface area contributed by atoms with E-state index in [4.69, 9.17) is 4.74 Å². The summed E-state index contributed by atoms with van der Waals surface area (Å²) in [6.07, 6.45) is 14.9. The zero-order valence-corrected chi connectivity index (χ0v) is 13.0. The van der Waals surface area contributed by atoms with Crippen molar-refractivity contribution >= 4 is 17.4 Å². The van der Waals surface area contributed by atoms with Crippen LogP contribution in [0.1, 0.15) is 12.0 Å². The Labute approximate surface area is 138 Å². The predicted molar refractivity (Wildman–Crippen MR) is 87.2 cm³/mol. The van der Waals surface area contributed by atoms with Crippen molar-refractivity contribution in [2.45, 2.75) is 6.42 Å². The Kier molecular flexibility index (Phi) is 3.13. The topological polar surface area (TPSA) is 84.1 Å². The Hall–Kier alpha value is -3.15. The van der Waals surface area contributed by atoms with Gasteiger partial charge in [0.05, 0.1) is 18.9 Å². The van der Waals surface area contributed by atoms with Crippen LogP contribution in [0.15, 0.2) is 65.7 Å². The van der Waals surface area contributed by atoms with Crippen LogP contribution in [-0.2, 0) is 14.3 Å². The number of nitrogens with zero attached hydrogens (tertiary/aromatic N) is 1. The fourth-order valence-electron chi connectivity index (χ4n) is 3.40. The van der Waals surface area contributed by atoms with E-state index in [9.17, 15) is 9.59 Å². The number of rotatable bonds is 2. The summed E-state index contributed by atoms with van der Waals surface area (Å²) in [7, 11) is 1.35. The molecule has 4 rings (SSSR count). The Morgan fingerprint density at radius 1 is 1.29 bits per heavy atom. The number of hydrogen-bond donors (Lipinski definition) is 2. The number of methoxy groups -OCH3 is 1. The van der Waals surface area contributed by atoms with Crippen LogP contribution in [-0.4, -0.2) is 29.2 Å². The van der Waals surface area contributed by atoms with Gasteiger partial charge in [-0.3, -0.25) is 9.89 Å². The van der Waals surface area contributed by atoms with Crippen molar-refractivity contribution in [3.8, 4) is 0 Å². The summed E-state index contributed by atoms with van der Waals surface area (Å²) in [4.78, 5) is 24.7. The van der Waals surface area contributed by atoms with Gasteiger partial charge < -0.3 is 10.1 Å². The lowest BCUT2D eigenvalue weighted by atomic mass is 9.63. The molecule has 1 aromatic heterocycles. The van der Waals surface area contributed by atoms with Crippen molar-refractivity contribution in [3.63, 3.8) is 0 Å². The summed E-state index contributed by atoms with van der Waals surface area (Å²) < 4.78 is 4.84. The third-order valence-corrected chi connectivity index (χ3v) is 4.66. The zero-order chi connectivity index (χ0) is 16.7. The normalized spacial score (nSPS) is 24.6. The van der Waals surface area contributed by atoms with Crippen molar-refractivity contribution in [1.29, 1.82) is 0 Å². The summed E-state index contributed by atoms with van der Waals surface area (Å²) in [5.41, 5.74) is 3.12. The first-order valence-corrected chi connectivity index (χ1v) is 7.56. The summed E-state index contributed by atoms with van der Waals surface area (Å²) in [6, 6.07) is 0. The minimum Gasteiger partial charge on any atom is -0.465 e. The second-order valence-corrected chi connectivity index (χ2v) is 5.85. The Morgan fingerprint density at radius 2 is 2.17 bits per heavy atom. The number of aromatic amines is 1. The number of esters is 1. The quantitative estimate of drug-likeness (QED) is 0.814. The van der Waals surface area contributed by atoms with Crippen molar-refractivity contribution in [1.82, 2.24) is 15.5 Å². The standard InChI is InChI=1S/C18H15N3O3/c1-24-16(22)12-7-14-3-5-19-17(23)18(14)4-2-11(6-15(18)8-12)13-9-20-21-10-13/h2-3,5-10H,4H2,1H3,(H,19,23)(H,20,21). The molecule has 3 aliphatic rings. The summed E-state index contributed by atoms with van der Waals surface area (Å²) >= 11 is 0. The SMILES string of the molecule is COC(=O)C1=CC2=CC(c3cn[nH]c3)=CCC23C(=O)NC=CC3=C1. The number of carbonyl (C=O) groups is 2. The lowest BCUT2D eigenvalue weighted by Crippen LogP contribution is -2.45. The molecule has 0 bridgehead atoms. The van der Waals surface area contributed by atoms with Gasteiger partial charge in [-0.1, -0.05) is 6.08 Å². The van der Waals surface area contributed by atoms with Crippen LogP contribution in [0.3, 0.4) is 0 Å². The van der Waals surface area contributed by atoms with Crippen LogP contribution in [0.4, 0.5) is 0 Å². The van der Waals surface area contributed by atoms with Crippen molar-refractivity contribution in [3.05, 3.63) is 71.3 Å². The highest BCUT2D eigenvalue weighted by Gasteiger charge is 2.47. The molecular weight excluding hydrogens is 306 g/mol. The lowest BCUT2D eigenvalue weighted by molar-refractivity contribution is -0.136. The average Bonchev–Trinajstić information content (AvgIpc) is 3.14. The van der Waals surface area contributed by atoms with Crippen LogP contribution in [0.5, 0.6) is 0 Å². The van der Waals surface area contributed by atoms with Gasteiger partial charge in [0.1, 0.15) is 5.41 Å². The van der Waals surface area contributed by atoms with Gasteiger partial charge >= 0.3 is 5.97 Å². The molecule has 2 heterocycles. The van der Waals surface area contributed by atoms with Crippen LogP contribution in [0, 0.1) is 5.41 Å². The number of aromatic nitrogens is 2. The zero-order valence-electron chi connectivity index (χ0n) is 13.0. The summed E-state index contributed by atoms with van der Waals surface area (Å²) in [6.45, 7) is 0. The number of carbonyl (C=O) groups excluding carboxylic acids is 2. The van der Waals surface area contributed by atoms with Crippen molar-refractivity contribution < 1.29 is 14.3 Å². The molecule has 2 aliphatic carbocycles. The number of amides is 1. The van der Waals surface area contributed by atoms with Crippen LogP contribution >= 0.6 is 0 Å². The number of nitrogens with one attached hydrogen (secondary N) is 2. The molecule has 1 amide bonds. The molecule has 1 aromatic rings. The number of hydrogen-bond acceptors (Lipinski definition) is 4. The van der Waals surface area contributed by atoms with E-state index in [1.54, 1.807) is 30.7 Å². The van der Waals surface area contributed by atoms with Gasteiger partial charge in [0.2, 0.25) is 5.91 Å². The summed E-state index contributed by atoms with van der Waals surface area (Å²) in [5.74, 6) is -0.513. The van der Waals surface area contributed by atoms with Gasteiger partial charge in [-0.05, 0) is 47.4 Å². The highest BCUT2D eigenvalue weighted by molar-refractivity contribution is 6.01. The third kappa shape index (κ3) is 1.93. The second-order valence-electron chi connectivity index (χ2n) is 5.85. The molecule has 0 radical (unpaired) electrons. The maximum atomic E-state index is 12.7. The van der Waals surface area contributed by atoms with Gasteiger partial charge in [0.25, 0.3) is 0 Å². The van der Waals surface area contributed by atoms with E-state index in [-0.39, 0.29) is 5.91 Å². The van der Waals surface area contributed by atoms with E-state index in [0.717, 1.165) is 22.3 Å². The first-order chi connectivity index (χ1) is 11.6. The van der Waals surface area contributed by atoms with Crippen molar-refractivity contribution in [2.75, 3.05) is 7.11 Å². The molecule has 2 N–H and O–H groups in total. The fraction of sp³-hybridized carbons (Fsp3) is 0.167. The van der Waals surface area contributed by atoms with Gasteiger partial charge in [0.15, 0.2) is 0 Å². The minimum absolute atomic E-state index is 0.0924. The molecule has 1 atom stereocenters. The van der Waals surface area contributed by atoms with Crippen LogP contribution in [0.25, 0.3) is 5.57 Å².